The second kappa shape index (κ2) is 8.85. The molecule has 0 saturated carbocycles. The summed E-state index contributed by atoms with van der Waals surface area (Å²) in [5, 5.41) is 8.95. The number of rotatable bonds is 6. The molecule has 0 radical (unpaired) electrons. The zero-order valence-corrected chi connectivity index (χ0v) is 14.8. The summed E-state index contributed by atoms with van der Waals surface area (Å²) in [7, 11) is 0. The van der Waals surface area contributed by atoms with Crippen LogP contribution in [0.4, 0.5) is 11.4 Å². The predicted octanol–water partition coefficient (Wildman–Crippen LogP) is 0.775. The van der Waals surface area contributed by atoms with Crippen LogP contribution in [0.1, 0.15) is 38.5 Å². The lowest BCUT2D eigenvalue weighted by atomic mass is 10.1. The molecule has 1 saturated heterocycles. The van der Waals surface area contributed by atoms with Crippen molar-refractivity contribution in [1.82, 2.24) is 5.32 Å². The molecule has 6 heteroatoms. The maximum atomic E-state index is 12.1. The van der Waals surface area contributed by atoms with Crippen LogP contribution in [-0.4, -0.2) is 44.0 Å². The zero-order valence-electron chi connectivity index (χ0n) is 14.8. The van der Waals surface area contributed by atoms with E-state index in [4.69, 9.17) is 0 Å². The standard InChI is InChI=1S/C19H28N4O2/c24-18(20-10-7-13-23-11-5-1-2-6-12-23)14-17-19(25)22-16-9-4-3-8-15(16)21-17/h3-4,8-9,17,21H,1-2,5-7,10-14H2,(H,20,24)(H,22,25)/p+1. The van der Waals surface area contributed by atoms with Crippen molar-refractivity contribution in [3.05, 3.63) is 24.3 Å². The van der Waals surface area contributed by atoms with Gasteiger partial charge in [0.05, 0.1) is 37.4 Å². The van der Waals surface area contributed by atoms with Crippen LogP contribution in [0.2, 0.25) is 0 Å². The Balaban J connectivity index is 1.37. The van der Waals surface area contributed by atoms with Gasteiger partial charge in [-0.1, -0.05) is 12.1 Å². The Morgan fingerprint density at radius 1 is 1.12 bits per heavy atom. The van der Waals surface area contributed by atoms with Gasteiger partial charge < -0.3 is 20.9 Å². The molecule has 4 N–H and O–H groups in total. The van der Waals surface area contributed by atoms with Crippen LogP contribution in [0.25, 0.3) is 0 Å². The van der Waals surface area contributed by atoms with Crippen LogP contribution in [0.15, 0.2) is 24.3 Å². The number of amides is 2. The SMILES string of the molecule is O=C(CC1Nc2ccccc2NC1=O)NCCC[NH+]1CCCCCC1. The predicted molar refractivity (Wildman–Crippen MR) is 98.8 cm³/mol. The molecule has 6 nitrogen and oxygen atoms in total. The van der Waals surface area contributed by atoms with E-state index < -0.39 is 6.04 Å². The van der Waals surface area contributed by atoms with Gasteiger partial charge in [-0.3, -0.25) is 9.59 Å². The molecule has 2 aliphatic rings. The van der Waals surface area contributed by atoms with Gasteiger partial charge in [-0.25, -0.2) is 0 Å². The zero-order chi connectivity index (χ0) is 17.5. The Hall–Kier alpha value is -2.08. The third-order valence-electron chi connectivity index (χ3n) is 5.06. The molecule has 25 heavy (non-hydrogen) atoms. The van der Waals surface area contributed by atoms with E-state index in [1.807, 2.05) is 24.3 Å². The lowest BCUT2D eigenvalue weighted by Crippen LogP contribution is -3.11. The van der Waals surface area contributed by atoms with Crippen LogP contribution in [0.5, 0.6) is 0 Å². The van der Waals surface area contributed by atoms with Crippen LogP contribution in [0, 0.1) is 0 Å². The van der Waals surface area contributed by atoms with Crippen LogP contribution >= 0.6 is 0 Å². The number of benzene rings is 1. The molecule has 1 fully saturated rings. The van der Waals surface area contributed by atoms with Gasteiger partial charge in [0.2, 0.25) is 11.8 Å². The van der Waals surface area contributed by atoms with Crippen molar-refractivity contribution < 1.29 is 14.5 Å². The molecule has 1 unspecified atom stereocenters. The van der Waals surface area contributed by atoms with Crippen molar-refractivity contribution in [3.63, 3.8) is 0 Å². The smallest absolute Gasteiger partial charge is 0.247 e. The molecular weight excluding hydrogens is 316 g/mol. The molecule has 2 amide bonds. The van der Waals surface area contributed by atoms with Crippen LogP contribution < -0.4 is 20.9 Å². The maximum absolute atomic E-state index is 12.1. The highest BCUT2D eigenvalue weighted by Gasteiger charge is 2.27. The highest BCUT2D eigenvalue weighted by molar-refractivity contribution is 6.04. The van der Waals surface area contributed by atoms with Gasteiger partial charge in [0.15, 0.2) is 0 Å². The van der Waals surface area contributed by atoms with E-state index in [2.05, 4.69) is 16.0 Å². The van der Waals surface area contributed by atoms with E-state index in [9.17, 15) is 9.59 Å². The van der Waals surface area contributed by atoms with Gasteiger partial charge in [-0.2, -0.15) is 0 Å². The molecule has 1 atom stereocenters. The number of carbonyl (C=O) groups is 2. The second-order valence-electron chi connectivity index (χ2n) is 7.05. The average molecular weight is 345 g/mol. The summed E-state index contributed by atoms with van der Waals surface area (Å²) < 4.78 is 0. The second-order valence-corrected chi connectivity index (χ2v) is 7.05. The number of carbonyl (C=O) groups excluding carboxylic acids is 2. The first kappa shape index (κ1) is 17.7. The van der Waals surface area contributed by atoms with Crippen LogP contribution in [0.3, 0.4) is 0 Å². The monoisotopic (exact) mass is 345 g/mol. The summed E-state index contributed by atoms with van der Waals surface area (Å²) in [5.74, 6) is -0.222. The minimum atomic E-state index is -0.508. The number of nitrogens with one attached hydrogen (secondary N) is 4. The summed E-state index contributed by atoms with van der Waals surface area (Å²) in [5.41, 5.74) is 1.63. The average Bonchev–Trinajstić information content (AvgIpc) is 2.88. The number of hydrogen-bond donors (Lipinski definition) is 4. The van der Waals surface area contributed by atoms with Crippen molar-refractivity contribution in [2.24, 2.45) is 0 Å². The Morgan fingerprint density at radius 3 is 2.60 bits per heavy atom. The van der Waals surface area contributed by atoms with Crippen molar-refractivity contribution in [3.8, 4) is 0 Å². The van der Waals surface area contributed by atoms with Gasteiger partial charge in [0.25, 0.3) is 0 Å². The molecular formula is C19H29N4O2+. The topological polar surface area (TPSA) is 74.7 Å². The van der Waals surface area contributed by atoms with Gasteiger partial charge in [0.1, 0.15) is 6.04 Å². The molecule has 1 aromatic carbocycles. The van der Waals surface area contributed by atoms with Crippen molar-refractivity contribution >= 4 is 23.2 Å². The minimum absolute atomic E-state index is 0.0714. The minimum Gasteiger partial charge on any atom is -0.372 e. The van der Waals surface area contributed by atoms with E-state index in [1.54, 1.807) is 4.90 Å². The number of likely N-dealkylation sites (tertiary alicyclic amines) is 1. The number of para-hydroxylation sites is 2. The first-order chi connectivity index (χ1) is 12.2. The van der Waals surface area contributed by atoms with E-state index in [1.165, 1.54) is 38.8 Å². The third-order valence-corrected chi connectivity index (χ3v) is 5.06. The Bertz CT molecular complexity index is 597. The fourth-order valence-electron chi connectivity index (χ4n) is 3.64. The fourth-order valence-corrected chi connectivity index (χ4v) is 3.64. The van der Waals surface area contributed by atoms with Gasteiger partial charge in [0, 0.05) is 13.0 Å². The number of hydrogen-bond acceptors (Lipinski definition) is 3. The van der Waals surface area contributed by atoms with Crippen molar-refractivity contribution in [1.29, 1.82) is 0 Å². The largest absolute Gasteiger partial charge is 0.372 e. The summed E-state index contributed by atoms with van der Waals surface area (Å²) >= 11 is 0. The molecule has 0 bridgehead atoms. The molecule has 3 rings (SSSR count). The molecule has 0 aromatic heterocycles. The third kappa shape index (κ3) is 5.19. The Labute approximate surface area is 149 Å². The number of quaternary nitrogens is 1. The summed E-state index contributed by atoms with van der Waals surface area (Å²) in [6.07, 6.45) is 6.53. The lowest BCUT2D eigenvalue weighted by molar-refractivity contribution is -0.899. The molecule has 136 valence electrons. The van der Waals surface area contributed by atoms with Gasteiger partial charge in [-0.05, 0) is 37.8 Å². The van der Waals surface area contributed by atoms with E-state index in [-0.39, 0.29) is 18.2 Å². The molecule has 0 aliphatic carbocycles. The van der Waals surface area contributed by atoms with Crippen molar-refractivity contribution in [2.75, 3.05) is 36.8 Å². The normalized spacial score (nSPS) is 20.8. The fraction of sp³-hybridized carbons (Fsp3) is 0.579. The summed E-state index contributed by atoms with van der Waals surface area (Å²) in [6, 6.07) is 7.03. The summed E-state index contributed by atoms with van der Waals surface area (Å²) in [6.45, 7) is 4.34. The molecule has 2 heterocycles. The quantitative estimate of drug-likeness (QED) is 0.576. The van der Waals surface area contributed by atoms with Crippen LogP contribution in [-0.2, 0) is 9.59 Å². The number of fused-ring (bicyclic) bond motifs is 1. The first-order valence-electron chi connectivity index (χ1n) is 9.49. The lowest BCUT2D eigenvalue weighted by Gasteiger charge is -2.26. The highest BCUT2D eigenvalue weighted by atomic mass is 16.2. The summed E-state index contributed by atoms with van der Waals surface area (Å²) in [4.78, 5) is 25.9. The molecule has 0 spiro atoms. The van der Waals surface area contributed by atoms with E-state index in [0.29, 0.717) is 6.54 Å². The maximum Gasteiger partial charge on any atom is 0.247 e. The van der Waals surface area contributed by atoms with Crippen molar-refractivity contribution in [2.45, 2.75) is 44.6 Å². The Kier molecular flexibility index (Phi) is 6.28. The van der Waals surface area contributed by atoms with E-state index in [0.717, 1.165) is 24.3 Å². The Morgan fingerprint density at radius 2 is 1.84 bits per heavy atom. The van der Waals surface area contributed by atoms with E-state index >= 15 is 0 Å². The molecule has 1 aromatic rings. The molecule has 2 aliphatic heterocycles. The highest BCUT2D eigenvalue weighted by Crippen LogP contribution is 2.26. The van der Waals surface area contributed by atoms with Gasteiger partial charge >= 0.3 is 0 Å². The number of anilines is 2. The van der Waals surface area contributed by atoms with Gasteiger partial charge in [-0.15, -0.1) is 0 Å². The first-order valence-corrected chi connectivity index (χ1v) is 9.49.